The molecule has 1 N–H and O–H groups in total. The lowest BCUT2D eigenvalue weighted by Crippen LogP contribution is -2.52. The fraction of sp³-hybridized carbons (Fsp3) is 0.938. The molecule has 7 nitrogen and oxygen atoms in total. The summed E-state index contributed by atoms with van der Waals surface area (Å²) >= 11 is 0. The van der Waals surface area contributed by atoms with Gasteiger partial charge >= 0.3 is 12.2 Å². The maximum absolute atomic E-state index is 12.2. The van der Waals surface area contributed by atoms with Crippen molar-refractivity contribution in [2.24, 2.45) is 0 Å². The van der Waals surface area contributed by atoms with E-state index in [9.17, 15) is 18.0 Å². The Morgan fingerprint density at radius 3 is 2.31 bits per heavy atom. The second-order valence-corrected chi connectivity index (χ2v) is 6.54. The van der Waals surface area contributed by atoms with Gasteiger partial charge in [0.1, 0.15) is 6.61 Å². The molecular formula is C16H29F3N4O3. The Labute approximate surface area is 152 Å². The minimum absolute atomic E-state index is 0.0496. The van der Waals surface area contributed by atoms with Gasteiger partial charge in [-0.05, 0) is 6.42 Å². The highest BCUT2D eigenvalue weighted by Crippen LogP contribution is 2.14. The van der Waals surface area contributed by atoms with Crippen LogP contribution in [0.25, 0.3) is 0 Å². The van der Waals surface area contributed by atoms with Crippen molar-refractivity contribution in [3.63, 3.8) is 0 Å². The van der Waals surface area contributed by atoms with Crippen molar-refractivity contribution in [2.45, 2.75) is 12.6 Å². The Balaban J connectivity index is 1.50. The zero-order valence-electron chi connectivity index (χ0n) is 15.1. The summed E-state index contributed by atoms with van der Waals surface area (Å²) in [6.45, 7) is 7.07. The molecule has 0 aromatic carbocycles. The van der Waals surface area contributed by atoms with E-state index in [1.165, 1.54) is 0 Å². The average molecular weight is 382 g/mol. The van der Waals surface area contributed by atoms with Crippen LogP contribution in [0.4, 0.5) is 18.0 Å². The van der Waals surface area contributed by atoms with E-state index < -0.39 is 12.8 Å². The molecule has 0 spiro atoms. The third-order valence-electron chi connectivity index (χ3n) is 4.50. The number of nitrogens with one attached hydrogen (secondary N) is 1. The number of carbonyl (C=O) groups is 1. The molecule has 152 valence electrons. The number of piperazine rings is 1. The van der Waals surface area contributed by atoms with Gasteiger partial charge in [0.25, 0.3) is 0 Å². The summed E-state index contributed by atoms with van der Waals surface area (Å²) in [6.07, 6.45) is -3.71. The van der Waals surface area contributed by atoms with E-state index in [0.29, 0.717) is 32.6 Å². The van der Waals surface area contributed by atoms with E-state index in [1.54, 1.807) is 4.90 Å². The second-order valence-electron chi connectivity index (χ2n) is 6.54. The lowest BCUT2D eigenvalue weighted by Gasteiger charge is -2.35. The van der Waals surface area contributed by atoms with Crippen molar-refractivity contribution in [1.82, 2.24) is 20.0 Å². The van der Waals surface area contributed by atoms with Gasteiger partial charge in [-0.1, -0.05) is 0 Å². The first-order valence-corrected chi connectivity index (χ1v) is 9.14. The molecule has 2 amide bonds. The minimum atomic E-state index is -4.26. The molecule has 0 saturated carbocycles. The van der Waals surface area contributed by atoms with Gasteiger partial charge in [-0.25, -0.2) is 4.79 Å². The van der Waals surface area contributed by atoms with Crippen LogP contribution < -0.4 is 5.32 Å². The highest BCUT2D eigenvalue weighted by molar-refractivity contribution is 5.74. The van der Waals surface area contributed by atoms with Gasteiger partial charge in [0, 0.05) is 65.5 Å². The van der Waals surface area contributed by atoms with Crippen LogP contribution in [0.2, 0.25) is 0 Å². The maximum Gasteiger partial charge on any atom is 0.411 e. The fourth-order valence-corrected chi connectivity index (χ4v) is 3.01. The number of halogens is 3. The number of urea groups is 1. The largest absolute Gasteiger partial charge is 0.411 e. The van der Waals surface area contributed by atoms with Crippen LogP contribution in [0.3, 0.4) is 0 Å². The van der Waals surface area contributed by atoms with Crippen LogP contribution >= 0.6 is 0 Å². The molecule has 0 unspecified atom stereocenters. The van der Waals surface area contributed by atoms with E-state index in [2.05, 4.69) is 19.9 Å². The van der Waals surface area contributed by atoms with Crippen LogP contribution in [0.5, 0.6) is 0 Å². The van der Waals surface area contributed by atoms with Crippen LogP contribution in [-0.4, -0.2) is 112 Å². The number of rotatable bonds is 8. The van der Waals surface area contributed by atoms with Gasteiger partial charge in [-0.15, -0.1) is 0 Å². The number of hydrogen-bond donors (Lipinski definition) is 1. The molecule has 2 aliphatic rings. The van der Waals surface area contributed by atoms with Crippen molar-refractivity contribution >= 4 is 6.03 Å². The summed E-state index contributed by atoms with van der Waals surface area (Å²) in [5.41, 5.74) is 0. The van der Waals surface area contributed by atoms with E-state index in [0.717, 1.165) is 45.9 Å². The first-order valence-electron chi connectivity index (χ1n) is 9.14. The van der Waals surface area contributed by atoms with Crippen molar-refractivity contribution in [3.8, 4) is 0 Å². The van der Waals surface area contributed by atoms with Crippen LogP contribution in [-0.2, 0) is 9.47 Å². The predicted molar refractivity (Wildman–Crippen MR) is 90.2 cm³/mol. The summed E-state index contributed by atoms with van der Waals surface area (Å²) in [6, 6.07) is -0.0496. The number of morpholine rings is 1. The van der Waals surface area contributed by atoms with Crippen molar-refractivity contribution < 1.29 is 27.4 Å². The lowest BCUT2D eigenvalue weighted by molar-refractivity contribution is -0.174. The van der Waals surface area contributed by atoms with Gasteiger partial charge in [-0.2, -0.15) is 13.2 Å². The quantitative estimate of drug-likeness (QED) is 0.624. The van der Waals surface area contributed by atoms with Crippen molar-refractivity contribution in [3.05, 3.63) is 0 Å². The van der Waals surface area contributed by atoms with E-state index >= 15 is 0 Å². The van der Waals surface area contributed by atoms with Crippen LogP contribution in [0.15, 0.2) is 0 Å². The molecule has 10 heteroatoms. The zero-order chi connectivity index (χ0) is 18.8. The summed E-state index contributed by atoms with van der Waals surface area (Å²) in [5.74, 6) is 0. The molecule has 0 aromatic heterocycles. The van der Waals surface area contributed by atoms with Gasteiger partial charge in [-0.3, -0.25) is 9.80 Å². The fourth-order valence-electron chi connectivity index (χ4n) is 3.01. The van der Waals surface area contributed by atoms with E-state index in [-0.39, 0.29) is 12.6 Å². The first kappa shape index (κ1) is 21.2. The molecule has 0 atom stereocenters. The summed E-state index contributed by atoms with van der Waals surface area (Å²) in [5, 5.41) is 2.95. The lowest BCUT2D eigenvalue weighted by atomic mass is 10.3. The van der Waals surface area contributed by atoms with E-state index in [1.807, 2.05) is 0 Å². The maximum atomic E-state index is 12.2. The molecule has 0 radical (unpaired) electrons. The number of carbonyl (C=O) groups excluding carboxylic acids is 1. The van der Waals surface area contributed by atoms with Gasteiger partial charge in [0.15, 0.2) is 0 Å². The third-order valence-corrected chi connectivity index (χ3v) is 4.50. The Kier molecular flexibility index (Phi) is 8.89. The highest BCUT2D eigenvalue weighted by Gasteiger charge is 2.27. The first-order chi connectivity index (χ1) is 12.4. The standard InChI is InChI=1S/C16H29F3N4O3/c17-16(18,19)14-26-11-1-3-21-5-7-23(8-6-21)15(24)20-2-4-22-9-12-25-13-10-22/h1-14H2,(H,20,24). The molecular weight excluding hydrogens is 353 g/mol. The molecule has 2 fully saturated rings. The number of hydrogen-bond acceptors (Lipinski definition) is 5. The van der Waals surface area contributed by atoms with Gasteiger partial charge < -0.3 is 19.7 Å². The Morgan fingerprint density at radius 2 is 1.65 bits per heavy atom. The van der Waals surface area contributed by atoms with Gasteiger partial charge in [0.2, 0.25) is 0 Å². The van der Waals surface area contributed by atoms with Crippen molar-refractivity contribution in [1.29, 1.82) is 0 Å². The number of ether oxygens (including phenoxy) is 2. The van der Waals surface area contributed by atoms with Gasteiger partial charge in [0.05, 0.1) is 13.2 Å². The minimum Gasteiger partial charge on any atom is -0.379 e. The summed E-state index contributed by atoms with van der Waals surface area (Å²) in [7, 11) is 0. The smallest absolute Gasteiger partial charge is 0.379 e. The number of amides is 2. The molecule has 2 saturated heterocycles. The molecule has 2 heterocycles. The van der Waals surface area contributed by atoms with E-state index in [4.69, 9.17) is 4.74 Å². The highest BCUT2D eigenvalue weighted by atomic mass is 19.4. The molecule has 2 rings (SSSR count). The summed E-state index contributed by atoms with van der Waals surface area (Å²) < 4.78 is 45.8. The Bertz CT molecular complexity index is 412. The third kappa shape index (κ3) is 8.52. The molecule has 26 heavy (non-hydrogen) atoms. The Morgan fingerprint density at radius 1 is 1.00 bits per heavy atom. The number of alkyl halides is 3. The molecule has 0 aromatic rings. The summed E-state index contributed by atoms with van der Waals surface area (Å²) in [4.78, 5) is 18.4. The second kappa shape index (κ2) is 10.9. The topological polar surface area (TPSA) is 57.3 Å². The van der Waals surface area contributed by atoms with Crippen LogP contribution in [0.1, 0.15) is 6.42 Å². The number of nitrogens with zero attached hydrogens (tertiary/aromatic N) is 3. The molecule has 0 aliphatic carbocycles. The Hall–Kier alpha value is -1.10. The average Bonchev–Trinajstić information content (AvgIpc) is 2.62. The molecule has 0 bridgehead atoms. The zero-order valence-corrected chi connectivity index (χ0v) is 15.1. The van der Waals surface area contributed by atoms with Crippen LogP contribution in [0, 0.1) is 0 Å². The predicted octanol–water partition coefficient (Wildman–Crippen LogP) is 0.615. The normalized spacial score (nSPS) is 20.3. The molecule has 2 aliphatic heterocycles. The SMILES string of the molecule is O=C(NCCN1CCOCC1)N1CCN(CCCOCC(F)(F)F)CC1. The monoisotopic (exact) mass is 382 g/mol. The van der Waals surface area contributed by atoms with Crippen molar-refractivity contribution in [2.75, 3.05) is 85.3 Å².